The van der Waals surface area contributed by atoms with Gasteiger partial charge in [0, 0.05) is 25.1 Å². The Hall–Kier alpha value is -2.08. The van der Waals surface area contributed by atoms with Crippen LogP contribution in [0.25, 0.3) is 0 Å². The van der Waals surface area contributed by atoms with E-state index in [1.807, 2.05) is 6.07 Å². The lowest BCUT2D eigenvalue weighted by Gasteiger charge is -2.20. The summed E-state index contributed by atoms with van der Waals surface area (Å²) in [5, 5.41) is 0. The van der Waals surface area contributed by atoms with Crippen LogP contribution in [0.4, 0.5) is 5.69 Å². The molecule has 1 aromatic carbocycles. The van der Waals surface area contributed by atoms with E-state index in [4.69, 9.17) is 4.42 Å². The summed E-state index contributed by atoms with van der Waals surface area (Å²) in [5.74, 6) is 0.666. The predicted octanol–water partition coefficient (Wildman–Crippen LogP) is 2.45. The van der Waals surface area contributed by atoms with Gasteiger partial charge < -0.3 is 9.32 Å². The van der Waals surface area contributed by atoms with Crippen molar-refractivity contribution in [2.75, 3.05) is 18.2 Å². The topological polar surface area (TPSA) is 67.6 Å². The maximum Gasteiger partial charge on any atom is 0.230 e. The molecule has 6 heteroatoms. The molecule has 0 radical (unpaired) electrons. The van der Waals surface area contributed by atoms with Crippen molar-refractivity contribution in [3.8, 4) is 0 Å². The summed E-state index contributed by atoms with van der Waals surface area (Å²) in [5.41, 5.74) is 0.417. The van der Waals surface area contributed by atoms with Gasteiger partial charge in [-0.3, -0.25) is 4.79 Å². The summed E-state index contributed by atoms with van der Waals surface area (Å²) >= 11 is 0. The molecule has 1 aromatic heterocycles. The number of furan rings is 1. The van der Waals surface area contributed by atoms with Crippen LogP contribution in [0, 0.1) is 5.92 Å². The molecule has 3 rings (SSSR count). The maximum atomic E-state index is 12.6. The van der Waals surface area contributed by atoms with E-state index in [1.54, 1.807) is 37.6 Å². The summed E-state index contributed by atoms with van der Waals surface area (Å²) in [4.78, 5) is 14.2. The van der Waals surface area contributed by atoms with Gasteiger partial charge in [-0.15, -0.1) is 0 Å². The summed E-state index contributed by atoms with van der Waals surface area (Å²) in [7, 11) is -1.77. The van der Waals surface area contributed by atoms with Gasteiger partial charge in [-0.05, 0) is 30.7 Å². The van der Waals surface area contributed by atoms with Crippen LogP contribution in [0.15, 0.2) is 52.0 Å². The van der Waals surface area contributed by atoms with Crippen LogP contribution in [-0.4, -0.2) is 27.6 Å². The minimum Gasteiger partial charge on any atom is -0.469 e. The highest BCUT2D eigenvalue weighted by Gasteiger charge is 2.47. The third kappa shape index (κ3) is 2.66. The monoisotopic (exact) mass is 319 g/mol. The van der Waals surface area contributed by atoms with Gasteiger partial charge in [0.15, 0.2) is 9.84 Å². The number of hydrogen-bond acceptors (Lipinski definition) is 4. The molecule has 1 aliphatic carbocycles. The van der Waals surface area contributed by atoms with Gasteiger partial charge in [0.25, 0.3) is 0 Å². The first-order valence-electron chi connectivity index (χ1n) is 6.99. The van der Waals surface area contributed by atoms with Crippen molar-refractivity contribution >= 4 is 21.4 Å². The van der Waals surface area contributed by atoms with E-state index < -0.39 is 9.84 Å². The Morgan fingerprint density at radius 1 is 1.23 bits per heavy atom. The standard InChI is InChI=1S/C16H17NO4S/c1-17(13-6-3-4-8-15(13)22(2,19)20)16(18)12-10-11(12)14-7-5-9-21-14/h3-9,11-12H,10H2,1-2H3/t11-,12+/m0/s1. The Morgan fingerprint density at radius 3 is 2.59 bits per heavy atom. The Labute approximate surface area is 129 Å². The van der Waals surface area contributed by atoms with E-state index in [0.717, 1.165) is 18.4 Å². The van der Waals surface area contributed by atoms with Crippen molar-refractivity contribution in [2.45, 2.75) is 17.2 Å². The number of carbonyl (C=O) groups is 1. The number of anilines is 1. The Kier molecular flexibility index (Phi) is 3.56. The van der Waals surface area contributed by atoms with E-state index in [9.17, 15) is 13.2 Å². The molecule has 116 valence electrons. The number of para-hydroxylation sites is 1. The second-order valence-corrected chi connectivity index (χ2v) is 7.59. The lowest BCUT2D eigenvalue weighted by molar-refractivity contribution is -0.119. The molecule has 0 unspecified atom stereocenters. The molecule has 0 aliphatic heterocycles. The molecule has 1 amide bonds. The molecule has 0 N–H and O–H groups in total. The summed E-state index contributed by atoms with van der Waals surface area (Å²) in [6.07, 6.45) is 3.47. The minimum atomic E-state index is -3.39. The van der Waals surface area contributed by atoms with Crippen molar-refractivity contribution in [1.29, 1.82) is 0 Å². The first kappa shape index (κ1) is 14.8. The van der Waals surface area contributed by atoms with Crippen molar-refractivity contribution in [3.63, 3.8) is 0 Å². The highest BCUT2D eigenvalue weighted by molar-refractivity contribution is 7.90. The van der Waals surface area contributed by atoms with Gasteiger partial charge in [-0.1, -0.05) is 12.1 Å². The molecule has 5 nitrogen and oxygen atoms in total. The number of hydrogen-bond donors (Lipinski definition) is 0. The van der Waals surface area contributed by atoms with Crippen molar-refractivity contribution in [2.24, 2.45) is 5.92 Å². The van der Waals surface area contributed by atoms with Crippen molar-refractivity contribution < 1.29 is 17.6 Å². The van der Waals surface area contributed by atoms with Crippen LogP contribution in [0.3, 0.4) is 0 Å². The second kappa shape index (κ2) is 5.28. The van der Waals surface area contributed by atoms with Crippen LogP contribution in [0.2, 0.25) is 0 Å². The normalized spacial score (nSPS) is 20.6. The van der Waals surface area contributed by atoms with Crippen molar-refractivity contribution in [3.05, 3.63) is 48.4 Å². The van der Waals surface area contributed by atoms with E-state index in [1.165, 1.54) is 11.0 Å². The first-order chi connectivity index (χ1) is 10.4. The van der Waals surface area contributed by atoms with E-state index in [2.05, 4.69) is 0 Å². The molecule has 0 spiro atoms. The Balaban J connectivity index is 1.84. The van der Waals surface area contributed by atoms with Crippen LogP contribution in [0.1, 0.15) is 18.1 Å². The largest absolute Gasteiger partial charge is 0.469 e. The zero-order chi connectivity index (χ0) is 15.9. The van der Waals surface area contributed by atoms with Gasteiger partial charge in [0.1, 0.15) is 5.76 Å². The molecule has 0 bridgehead atoms. The molecular weight excluding hydrogens is 302 g/mol. The molecule has 1 aliphatic rings. The number of amides is 1. The predicted molar refractivity (Wildman–Crippen MR) is 82.5 cm³/mol. The molecule has 1 fully saturated rings. The van der Waals surface area contributed by atoms with Gasteiger partial charge in [-0.25, -0.2) is 8.42 Å². The molecule has 2 atom stereocenters. The smallest absolute Gasteiger partial charge is 0.230 e. The average molecular weight is 319 g/mol. The van der Waals surface area contributed by atoms with Crippen LogP contribution >= 0.6 is 0 Å². The number of nitrogens with zero attached hydrogens (tertiary/aromatic N) is 1. The molecule has 1 heterocycles. The molecule has 0 saturated heterocycles. The van der Waals surface area contributed by atoms with Crippen LogP contribution in [0.5, 0.6) is 0 Å². The average Bonchev–Trinajstić information content (AvgIpc) is 3.10. The number of carbonyl (C=O) groups excluding carboxylic acids is 1. The highest BCUT2D eigenvalue weighted by Crippen LogP contribution is 2.49. The fraction of sp³-hybridized carbons (Fsp3) is 0.312. The third-order valence-corrected chi connectivity index (χ3v) is 5.12. The zero-order valence-corrected chi connectivity index (χ0v) is 13.2. The number of benzene rings is 1. The second-order valence-electron chi connectivity index (χ2n) is 5.60. The maximum absolute atomic E-state index is 12.6. The third-order valence-electron chi connectivity index (χ3n) is 3.97. The van der Waals surface area contributed by atoms with Crippen LogP contribution < -0.4 is 4.90 Å². The molecule has 1 saturated carbocycles. The minimum absolute atomic E-state index is 0.0856. The highest BCUT2D eigenvalue weighted by atomic mass is 32.2. The summed E-state index contributed by atoms with van der Waals surface area (Å²) in [6.45, 7) is 0. The van der Waals surface area contributed by atoms with Gasteiger partial charge in [0.05, 0.1) is 16.8 Å². The van der Waals surface area contributed by atoms with Crippen LogP contribution in [-0.2, 0) is 14.6 Å². The van der Waals surface area contributed by atoms with Gasteiger partial charge in [0.2, 0.25) is 5.91 Å². The molecular formula is C16H17NO4S. The SMILES string of the molecule is CN(C(=O)[C@@H]1C[C@@H]1c1ccco1)c1ccccc1S(C)(=O)=O. The first-order valence-corrected chi connectivity index (χ1v) is 8.89. The molecule has 22 heavy (non-hydrogen) atoms. The molecule has 2 aromatic rings. The number of rotatable bonds is 4. The van der Waals surface area contributed by atoms with E-state index >= 15 is 0 Å². The number of sulfone groups is 1. The fourth-order valence-corrected chi connectivity index (χ4v) is 3.61. The van der Waals surface area contributed by atoms with E-state index in [0.29, 0.717) is 5.69 Å². The quantitative estimate of drug-likeness (QED) is 0.868. The zero-order valence-electron chi connectivity index (χ0n) is 12.4. The lowest BCUT2D eigenvalue weighted by Crippen LogP contribution is -2.29. The van der Waals surface area contributed by atoms with Gasteiger partial charge >= 0.3 is 0 Å². The Morgan fingerprint density at radius 2 is 1.95 bits per heavy atom. The fourth-order valence-electron chi connectivity index (χ4n) is 2.70. The van der Waals surface area contributed by atoms with Gasteiger partial charge in [-0.2, -0.15) is 0 Å². The van der Waals surface area contributed by atoms with E-state index in [-0.39, 0.29) is 22.6 Å². The lowest BCUT2D eigenvalue weighted by atomic mass is 10.2. The summed E-state index contributed by atoms with van der Waals surface area (Å²) < 4.78 is 29.1. The summed E-state index contributed by atoms with van der Waals surface area (Å²) in [6, 6.07) is 10.2. The Bertz CT molecular complexity index is 795. The van der Waals surface area contributed by atoms with Crippen molar-refractivity contribution in [1.82, 2.24) is 0 Å².